The molecule has 1 aromatic heterocycles. The first-order valence-electron chi connectivity index (χ1n) is 7.54. The summed E-state index contributed by atoms with van der Waals surface area (Å²) in [5.41, 5.74) is 0.701. The highest BCUT2D eigenvalue weighted by molar-refractivity contribution is 5.96. The van der Waals surface area contributed by atoms with Crippen LogP contribution in [0.2, 0.25) is 0 Å². The average molecular weight is 291 g/mol. The number of ketones is 1. The number of nitrogens with one attached hydrogen (secondary N) is 1. The van der Waals surface area contributed by atoms with Crippen molar-refractivity contribution in [2.45, 2.75) is 45.8 Å². The summed E-state index contributed by atoms with van der Waals surface area (Å²) in [4.78, 5) is 11.3. The largest absolute Gasteiger partial charge is 0.490 e. The molecule has 4 heteroatoms. The molecule has 1 aliphatic rings. The molecule has 116 valence electrons. The molecule has 1 aliphatic carbocycles. The van der Waals surface area contributed by atoms with Gasteiger partial charge in [-0.2, -0.15) is 0 Å². The van der Waals surface area contributed by atoms with Crippen LogP contribution in [-0.2, 0) is 0 Å². The maximum absolute atomic E-state index is 11.3. The fraction of sp³-hybridized carbons (Fsp3) is 0.471. The Kier molecular flexibility index (Phi) is 5.02. The standard InChI is InChI=1S/C15H17NO3.C2H6.H2/c1-9(17)14-5-10-3-4-12(8-15(10)19-14)18-13-6-11(7-13)16-2;1-2;/h3-5,8,11,13,16H,6-7H2,1-2H3;1-2H3;1H. The minimum atomic E-state index is -0.0606. The number of carbonyl (C=O) groups excluding carboxylic acids is 1. The van der Waals surface area contributed by atoms with Crippen LogP contribution in [0, 0.1) is 0 Å². The maximum Gasteiger partial charge on any atom is 0.194 e. The lowest BCUT2D eigenvalue weighted by molar-refractivity contribution is 0.0885. The highest BCUT2D eigenvalue weighted by atomic mass is 16.5. The first-order valence-corrected chi connectivity index (χ1v) is 7.54. The Balaban J connectivity index is 0.000000775. The molecule has 2 aromatic rings. The van der Waals surface area contributed by atoms with E-state index in [9.17, 15) is 4.79 Å². The van der Waals surface area contributed by atoms with Gasteiger partial charge in [-0.25, -0.2) is 0 Å². The van der Waals surface area contributed by atoms with Gasteiger partial charge in [0.1, 0.15) is 17.4 Å². The van der Waals surface area contributed by atoms with E-state index in [1.165, 1.54) is 6.92 Å². The van der Waals surface area contributed by atoms with Gasteiger partial charge in [-0.15, -0.1) is 0 Å². The summed E-state index contributed by atoms with van der Waals surface area (Å²) in [5, 5.41) is 4.16. The van der Waals surface area contributed by atoms with Crippen LogP contribution in [0.25, 0.3) is 11.0 Å². The summed E-state index contributed by atoms with van der Waals surface area (Å²) in [7, 11) is 1.97. The lowest BCUT2D eigenvalue weighted by Gasteiger charge is -2.35. The van der Waals surface area contributed by atoms with Crippen molar-refractivity contribution in [2.24, 2.45) is 0 Å². The van der Waals surface area contributed by atoms with Gasteiger partial charge in [0.15, 0.2) is 11.5 Å². The number of fused-ring (bicyclic) bond motifs is 1. The molecule has 3 rings (SSSR count). The lowest BCUT2D eigenvalue weighted by Crippen LogP contribution is -2.45. The number of rotatable bonds is 4. The van der Waals surface area contributed by atoms with Crippen molar-refractivity contribution in [1.82, 2.24) is 5.32 Å². The van der Waals surface area contributed by atoms with E-state index in [4.69, 9.17) is 9.15 Å². The van der Waals surface area contributed by atoms with Crippen molar-refractivity contribution < 1.29 is 15.4 Å². The summed E-state index contributed by atoms with van der Waals surface area (Å²) >= 11 is 0. The Labute approximate surface area is 127 Å². The normalized spacial score (nSPS) is 20.4. The summed E-state index contributed by atoms with van der Waals surface area (Å²) in [6.45, 7) is 5.50. The van der Waals surface area contributed by atoms with Gasteiger partial charge in [-0.05, 0) is 38.1 Å². The molecule has 0 saturated heterocycles. The predicted octanol–water partition coefficient (Wildman–Crippen LogP) is 4.04. The number of furan rings is 1. The van der Waals surface area contributed by atoms with Crippen LogP contribution in [0.15, 0.2) is 28.7 Å². The third kappa shape index (κ3) is 3.45. The Morgan fingerprint density at radius 3 is 2.67 bits per heavy atom. The second-order valence-corrected chi connectivity index (χ2v) is 5.06. The minimum Gasteiger partial charge on any atom is -0.490 e. The monoisotopic (exact) mass is 291 g/mol. The summed E-state index contributed by atoms with van der Waals surface area (Å²) < 4.78 is 11.4. The highest BCUT2D eigenvalue weighted by Crippen LogP contribution is 2.29. The molecule has 1 heterocycles. The number of carbonyl (C=O) groups is 1. The molecule has 4 nitrogen and oxygen atoms in total. The Morgan fingerprint density at radius 2 is 2.05 bits per heavy atom. The second-order valence-electron chi connectivity index (χ2n) is 5.06. The summed E-state index contributed by atoms with van der Waals surface area (Å²) in [6.07, 6.45) is 2.34. The van der Waals surface area contributed by atoms with Crippen LogP contribution in [0.1, 0.15) is 45.6 Å². The van der Waals surface area contributed by atoms with Gasteiger partial charge < -0.3 is 14.5 Å². The van der Waals surface area contributed by atoms with E-state index >= 15 is 0 Å². The Hall–Kier alpha value is -1.81. The first-order chi connectivity index (χ1) is 10.2. The molecule has 0 radical (unpaired) electrons. The fourth-order valence-electron chi connectivity index (χ4n) is 2.35. The van der Waals surface area contributed by atoms with Crippen molar-refractivity contribution in [2.75, 3.05) is 7.05 Å². The van der Waals surface area contributed by atoms with E-state index in [-0.39, 0.29) is 13.3 Å². The van der Waals surface area contributed by atoms with Crippen LogP contribution < -0.4 is 10.1 Å². The van der Waals surface area contributed by atoms with Crippen LogP contribution in [0.5, 0.6) is 5.75 Å². The molecule has 1 saturated carbocycles. The topological polar surface area (TPSA) is 51.5 Å². The van der Waals surface area contributed by atoms with E-state index in [2.05, 4.69) is 5.32 Å². The van der Waals surface area contributed by atoms with Crippen molar-refractivity contribution in [1.29, 1.82) is 0 Å². The summed E-state index contributed by atoms with van der Waals surface area (Å²) in [5.74, 6) is 1.14. The van der Waals surface area contributed by atoms with Gasteiger partial charge in [0.05, 0.1) is 0 Å². The van der Waals surface area contributed by atoms with E-state index in [1.807, 2.05) is 39.1 Å². The molecule has 1 fully saturated rings. The molecule has 0 bridgehead atoms. The second kappa shape index (κ2) is 6.76. The molecule has 21 heavy (non-hydrogen) atoms. The number of hydrogen-bond acceptors (Lipinski definition) is 4. The SMILES string of the molecule is CC.CNC1CC(Oc2ccc3cc(C(C)=O)oc3c2)C1.[HH]. The van der Waals surface area contributed by atoms with Crippen LogP contribution in [-0.4, -0.2) is 25.0 Å². The number of ether oxygens (including phenoxy) is 1. The maximum atomic E-state index is 11.3. The predicted molar refractivity (Wildman–Crippen MR) is 86.2 cm³/mol. The third-order valence-corrected chi connectivity index (χ3v) is 3.64. The van der Waals surface area contributed by atoms with Gasteiger partial charge in [0, 0.05) is 25.8 Å². The highest BCUT2D eigenvalue weighted by Gasteiger charge is 2.29. The molecule has 0 aliphatic heterocycles. The molecule has 1 N–H and O–H groups in total. The zero-order chi connectivity index (χ0) is 15.4. The van der Waals surface area contributed by atoms with E-state index in [0.717, 1.165) is 24.0 Å². The minimum absolute atomic E-state index is 0. The number of benzene rings is 1. The van der Waals surface area contributed by atoms with Crippen molar-refractivity contribution in [3.8, 4) is 5.75 Å². The van der Waals surface area contributed by atoms with Crippen molar-refractivity contribution in [3.05, 3.63) is 30.0 Å². The van der Waals surface area contributed by atoms with Gasteiger partial charge in [0.2, 0.25) is 0 Å². The van der Waals surface area contributed by atoms with Crippen LogP contribution in [0.4, 0.5) is 0 Å². The molecule has 0 unspecified atom stereocenters. The molecule has 0 atom stereocenters. The van der Waals surface area contributed by atoms with Gasteiger partial charge in [0.25, 0.3) is 0 Å². The molecule has 0 amide bonds. The number of hydrogen-bond donors (Lipinski definition) is 1. The van der Waals surface area contributed by atoms with Crippen molar-refractivity contribution in [3.63, 3.8) is 0 Å². The smallest absolute Gasteiger partial charge is 0.194 e. The van der Waals surface area contributed by atoms with E-state index in [1.54, 1.807) is 6.07 Å². The van der Waals surface area contributed by atoms with Gasteiger partial charge in [-0.3, -0.25) is 4.79 Å². The number of Topliss-reactive ketones (excluding diaryl/α,β-unsaturated/α-hetero) is 1. The summed E-state index contributed by atoms with van der Waals surface area (Å²) in [6, 6.07) is 8.04. The lowest BCUT2D eigenvalue weighted by atomic mass is 9.89. The zero-order valence-corrected chi connectivity index (χ0v) is 13.1. The zero-order valence-electron chi connectivity index (χ0n) is 13.1. The fourth-order valence-corrected chi connectivity index (χ4v) is 2.35. The molecule has 1 aromatic carbocycles. The Morgan fingerprint density at radius 1 is 1.33 bits per heavy atom. The quantitative estimate of drug-likeness (QED) is 0.864. The Bertz CT molecular complexity index is 617. The van der Waals surface area contributed by atoms with E-state index < -0.39 is 0 Å². The molecule has 0 spiro atoms. The first kappa shape index (κ1) is 15.6. The average Bonchev–Trinajstić information content (AvgIpc) is 2.88. The van der Waals surface area contributed by atoms with Crippen molar-refractivity contribution >= 4 is 16.8 Å². The van der Waals surface area contributed by atoms with E-state index in [0.29, 0.717) is 17.4 Å². The third-order valence-electron chi connectivity index (χ3n) is 3.64. The van der Waals surface area contributed by atoms with Crippen LogP contribution in [0.3, 0.4) is 0 Å². The van der Waals surface area contributed by atoms with Gasteiger partial charge >= 0.3 is 0 Å². The van der Waals surface area contributed by atoms with Gasteiger partial charge in [-0.1, -0.05) is 13.8 Å². The molecular weight excluding hydrogens is 266 g/mol. The molecular formula is C17H25NO3. The van der Waals surface area contributed by atoms with Crippen LogP contribution >= 0.6 is 0 Å².